The minimum atomic E-state index is -0.888. The topological polar surface area (TPSA) is 62.5 Å². The second kappa shape index (κ2) is 5.87. The number of rotatable bonds is 6. The minimum Gasteiger partial charge on any atom is -0.481 e. The first-order valence-electron chi connectivity index (χ1n) is 6.80. The van der Waals surface area contributed by atoms with Crippen LogP contribution in [0.1, 0.15) is 49.6 Å². The lowest BCUT2D eigenvalue weighted by atomic mass is 10.3. The van der Waals surface area contributed by atoms with Crippen LogP contribution >= 0.6 is 11.6 Å². The van der Waals surface area contributed by atoms with Crippen LogP contribution in [-0.2, 0) is 4.79 Å². The van der Waals surface area contributed by atoms with Crippen LogP contribution in [0.25, 0.3) is 0 Å². The van der Waals surface area contributed by atoms with Crippen molar-refractivity contribution in [3.05, 3.63) is 23.0 Å². The van der Waals surface area contributed by atoms with Crippen LogP contribution in [0.2, 0.25) is 5.02 Å². The standard InChI is InChI=1S/C14H19ClN2O3/c1-9(2)17-8-10(15)7-12(17)14(20)16(11-3-4-11)6-5-13(18)19/h7-9,11H,3-6H2,1-2H3,(H,18,19). The van der Waals surface area contributed by atoms with E-state index in [0.29, 0.717) is 10.7 Å². The van der Waals surface area contributed by atoms with Gasteiger partial charge < -0.3 is 14.6 Å². The number of nitrogens with zero attached hydrogens (tertiary/aromatic N) is 2. The highest BCUT2D eigenvalue weighted by Crippen LogP contribution is 2.30. The number of carbonyl (C=O) groups excluding carboxylic acids is 1. The molecule has 1 saturated carbocycles. The van der Waals surface area contributed by atoms with E-state index in [0.717, 1.165) is 12.8 Å². The van der Waals surface area contributed by atoms with Crippen LogP contribution in [0.15, 0.2) is 12.3 Å². The highest BCUT2D eigenvalue weighted by Gasteiger charge is 2.34. The Balaban J connectivity index is 2.20. The molecule has 0 aliphatic heterocycles. The van der Waals surface area contributed by atoms with Gasteiger partial charge in [-0.1, -0.05) is 11.6 Å². The third-order valence-electron chi connectivity index (χ3n) is 3.41. The summed E-state index contributed by atoms with van der Waals surface area (Å²) in [6, 6.07) is 1.96. The van der Waals surface area contributed by atoms with Crippen LogP contribution < -0.4 is 0 Å². The van der Waals surface area contributed by atoms with Gasteiger partial charge in [-0.15, -0.1) is 0 Å². The molecule has 0 atom stereocenters. The van der Waals surface area contributed by atoms with Crippen molar-refractivity contribution in [3.8, 4) is 0 Å². The van der Waals surface area contributed by atoms with Gasteiger partial charge in [-0.05, 0) is 32.8 Å². The van der Waals surface area contributed by atoms with E-state index in [4.69, 9.17) is 16.7 Å². The Morgan fingerprint density at radius 3 is 2.65 bits per heavy atom. The van der Waals surface area contributed by atoms with Crippen LogP contribution in [-0.4, -0.2) is 39.0 Å². The third kappa shape index (κ3) is 3.33. The van der Waals surface area contributed by atoms with Crippen molar-refractivity contribution in [2.45, 2.75) is 45.2 Å². The molecule has 1 amide bonds. The molecule has 1 aliphatic rings. The molecule has 20 heavy (non-hydrogen) atoms. The lowest BCUT2D eigenvalue weighted by molar-refractivity contribution is -0.137. The summed E-state index contributed by atoms with van der Waals surface area (Å²) in [5.41, 5.74) is 0.530. The van der Waals surface area contributed by atoms with Crippen molar-refractivity contribution in [1.29, 1.82) is 0 Å². The zero-order chi connectivity index (χ0) is 14.9. The number of carboxylic acid groups (broad SMARTS) is 1. The predicted molar refractivity (Wildman–Crippen MR) is 76.1 cm³/mol. The van der Waals surface area contributed by atoms with E-state index in [1.165, 1.54) is 0 Å². The summed E-state index contributed by atoms with van der Waals surface area (Å²) in [4.78, 5) is 25.0. The number of aliphatic carboxylic acids is 1. The van der Waals surface area contributed by atoms with Gasteiger partial charge >= 0.3 is 5.97 Å². The summed E-state index contributed by atoms with van der Waals surface area (Å²) >= 11 is 6.00. The van der Waals surface area contributed by atoms with Crippen molar-refractivity contribution < 1.29 is 14.7 Å². The molecule has 110 valence electrons. The zero-order valence-electron chi connectivity index (χ0n) is 11.7. The molecule has 0 bridgehead atoms. The highest BCUT2D eigenvalue weighted by atomic mass is 35.5. The van der Waals surface area contributed by atoms with Gasteiger partial charge in [0.05, 0.1) is 11.4 Å². The molecule has 0 radical (unpaired) electrons. The van der Waals surface area contributed by atoms with Crippen molar-refractivity contribution in [2.24, 2.45) is 0 Å². The average Bonchev–Trinajstić information content (AvgIpc) is 3.10. The van der Waals surface area contributed by atoms with Gasteiger partial charge in [0.25, 0.3) is 5.91 Å². The van der Waals surface area contributed by atoms with Crippen LogP contribution in [0.3, 0.4) is 0 Å². The van der Waals surface area contributed by atoms with E-state index in [1.54, 1.807) is 17.2 Å². The van der Waals surface area contributed by atoms with E-state index in [-0.39, 0.29) is 31.0 Å². The average molecular weight is 299 g/mol. The first-order valence-corrected chi connectivity index (χ1v) is 7.18. The number of aromatic nitrogens is 1. The van der Waals surface area contributed by atoms with Gasteiger partial charge in [-0.3, -0.25) is 9.59 Å². The van der Waals surface area contributed by atoms with Gasteiger partial charge in [0.1, 0.15) is 5.69 Å². The molecule has 1 fully saturated rings. The van der Waals surface area contributed by atoms with Crippen molar-refractivity contribution in [3.63, 3.8) is 0 Å². The van der Waals surface area contributed by atoms with Gasteiger partial charge in [0.2, 0.25) is 0 Å². The van der Waals surface area contributed by atoms with Crippen molar-refractivity contribution >= 4 is 23.5 Å². The molecule has 0 aromatic carbocycles. The molecule has 1 aromatic rings. The molecule has 1 N–H and O–H groups in total. The summed E-state index contributed by atoms with van der Waals surface area (Å²) in [5, 5.41) is 9.32. The Labute approximate surface area is 123 Å². The fourth-order valence-corrected chi connectivity index (χ4v) is 2.45. The van der Waals surface area contributed by atoms with E-state index < -0.39 is 5.97 Å². The number of amides is 1. The fourth-order valence-electron chi connectivity index (χ4n) is 2.24. The molecule has 6 heteroatoms. The monoisotopic (exact) mass is 298 g/mol. The van der Waals surface area contributed by atoms with Gasteiger partial charge in [-0.2, -0.15) is 0 Å². The first kappa shape index (κ1) is 14.9. The summed E-state index contributed by atoms with van der Waals surface area (Å²) in [5.74, 6) is -1.02. The normalized spacial score (nSPS) is 14.6. The Morgan fingerprint density at radius 2 is 2.15 bits per heavy atom. The molecule has 0 unspecified atom stereocenters. The van der Waals surface area contributed by atoms with E-state index in [1.807, 2.05) is 18.4 Å². The first-order chi connectivity index (χ1) is 9.40. The summed E-state index contributed by atoms with van der Waals surface area (Å²) in [6.07, 6.45) is 3.60. The van der Waals surface area contributed by atoms with Crippen LogP contribution in [0.5, 0.6) is 0 Å². The van der Waals surface area contributed by atoms with E-state index in [2.05, 4.69) is 0 Å². The molecule has 0 saturated heterocycles. The zero-order valence-corrected chi connectivity index (χ0v) is 12.4. The van der Waals surface area contributed by atoms with Gasteiger partial charge in [0, 0.05) is 24.8 Å². The number of halogens is 1. The summed E-state index contributed by atoms with van der Waals surface area (Å²) in [6.45, 7) is 4.21. The maximum Gasteiger partial charge on any atom is 0.305 e. The van der Waals surface area contributed by atoms with Gasteiger partial charge in [0.15, 0.2) is 0 Å². The Hall–Kier alpha value is -1.49. The third-order valence-corrected chi connectivity index (χ3v) is 3.61. The number of hydrogen-bond acceptors (Lipinski definition) is 2. The van der Waals surface area contributed by atoms with E-state index in [9.17, 15) is 9.59 Å². The summed E-state index contributed by atoms with van der Waals surface area (Å²) < 4.78 is 1.83. The molecule has 1 heterocycles. The number of carbonyl (C=O) groups is 2. The lowest BCUT2D eigenvalue weighted by Gasteiger charge is -2.23. The number of carboxylic acids is 1. The van der Waals surface area contributed by atoms with Crippen molar-refractivity contribution in [2.75, 3.05) is 6.54 Å². The lowest BCUT2D eigenvalue weighted by Crippen LogP contribution is -2.36. The maximum atomic E-state index is 12.6. The van der Waals surface area contributed by atoms with Crippen LogP contribution in [0, 0.1) is 0 Å². The molecule has 1 aliphatic carbocycles. The van der Waals surface area contributed by atoms with Crippen LogP contribution in [0.4, 0.5) is 0 Å². The smallest absolute Gasteiger partial charge is 0.305 e. The van der Waals surface area contributed by atoms with Gasteiger partial charge in [-0.25, -0.2) is 0 Å². The largest absolute Gasteiger partial charge is 0.481 e. The minimum absolute atomic E-state index is 0.0294. The Morgan fingerprint density at radius 1 is 1.50 bits per heavy atom. The predicted octanol–water partition coefficient (Wildman–Crippen LogP) is 2.80. The molecular weight excluding hydrogens is 280 g/mol. The van der Waals surface area contributed by atoms with E-state index >= 15 is 0 Å². The summed E-state index contributed by atoms with van der Waals surface area (Å²) in [7, 11) is 0. The molecule has 1 aromatic heterocycles. The van der Waals surface area contributed by atoms with Crippen molar-refractivity contribution in [1.82, 2.24) is 9.47 Å². The molecule has 0 spiro atoms. The quantitative estimate of drug-likeness (QED) is 0.878. The Bertz CT molecular complexity index is 520. The maximum absolute atomic E-state index is 12.6. The molecule has 5 nitrogen and oxygen atoms in total. The Kier molecular flexibility index (Phi) is 4.38. The molecule has 2 rings (SSSR count). The number of hydrogen-bond donors (Lipinski definition) is 1. The second-order valence-corrected chi connectivity index (χ2v) is 5.85. The molecular formula is C14H19ClN2O3. The SMILES string of the molecule is CC(C)n1cc(Cl)cc1C(=O)N(CCC(=O)O)C1CC1. The fraction of sp³-hybridized carbons (Fsp3) is 0.571. The second-order valence-electron chi connectivity index (χ2n) is 5.42. The highest BCUT2D eigenvalue weighted by molar-refractivity contribution is 6.31.